The van der Waals surface area contributed by atoms with Crippen LogP contribution in [0, 0.1) is 5.41 Å². The molecule has 0 spiro atoms. The third kappa shape index (κ3) is 1.78. The van der Waals surface area contributed by atoms with Crippen LogP contribution in [0.25, 0.3) is 0 Å². The van der Waals surface area contributed by atoms with Crippen LogP contribution in [0.2, 0.25) is 0 Å². The third-order valence-electron chi connectivity index (χ3n) is 3.28. The fraction of sp³-hybridized carbons (Fsp3) is 0.909. The van der Waals surface area contributed by atoms with Gasteiger partial charge in [-0.2, -0.15) is 0 Å². The lowest BCUT2D eigenvalue weighted by Gasteiger charge is -2.31. The highest BCUT2D eigenvalue weighted by molar-refractivity contribution is 5.78. The smallest absolute Gasteiger partial charge is 0.314 e. The summed E-state index contributed by atoms with van der Waals surface area (Å²) >= 11 is 0. The van der Waals surface area contributed by atoms with E-state index in [0.29, 0.717) is 0 Å². The predicted octanol–water partition coefficient (Wildman–Crippen LogP) is 2.14. The lowest BCUT2D eigenvalue weighted by molar-refractivity contribution is -0.160. The van der Waals surface area contributed by atoms with Crippen LogP contribution < -0.4 is 0 Å². The Morgan fingerprint density at radius 3 is 2.71 bits per heavy atom. The van der Waals surface area contributed by atoms with Crippen molar-refractivity contribution in [2.24, 2.45) is 5.41 Å². The van der Waals surface area contributed by atoms with E-state index in [4.69, 9.17) is 9.47 Å². The maximum absolute atomic E-state index is 11.8. The molecular formula is C11H20O3. The molecule has 1 aliphatic rings. The van der Waals surface area contributed by atoms with Gasteiger partial charge in [-0.05, 0) is 25.7 Å². The van der Waals surface area contributed by atoms with Crippen molar-refractivity contribution in [1.29, 1.82) is 0 Å². The minimum Gasteiger partial charge on any atom is -0.469 e. The Balaban J connectivity index is 2.84. The molecule has 0 radical (unpaired) electrons. The quantitative estimate of drug-likeness (QED) is 0.652. The van der Waals surface area contributed by atoms with Crippen LogP contribution >= 0.6 is 0 Å². The van der Waals surface area contributed by atoms with E-state index in [1.807, 2.05) is 0 Å². The molecule has 0 aromatic heterocycles. The maximum atomic E-state index is 11.8. The monoisotopic (exact) mass is 200 g/mol. The Bertz CT molecular complexity index is 203. The molecule has 2 unspecified atom stereocenters. The molecule has 0 saturated heterocycles. The summed E-state index contributed by atoms with van der Waals surface area (Å²) < 4.78 is 10.3. The van der Waals surface area contributed by atoms with Crippen molar-refractivity contribution in [1.82, 2.24) is 0 Å². The molecule has 14 heavy (non-hydrogen) atoms. The number of carbonyl (C=O) groups is 1. The van der Waals surface area contributed by atoms with Crippen LogP contribution in [0.4, 0.5) is 0 Å². The molecule has 1 rings (SSSR count). The lowest BCUT2D eigenvalue weighted by atomic mass is 9.79. The topological polar surface area (TPSA) is 35.5 Å². The van der Waals surface area contributed by atoms with Gasteiger partial charge >= 0.3 is 5.97 Å². The van der Waals surface area contributed by atoms with Crippen LogP contribution in [0.1, 0.15) is 39.0 Å². The number of rotatable bonds is 4. The Labute approximate surface area is 85.8 Å². The minimum atomic E-state index is -0.363. The molecule has 0 aliphatic heterocycles. The van der Waals surface area contributed by atoms with Gasteiger partial charge in [-0.3, -0.25) is 4.79 Å². The predicted molar refractivity (Wildman–Crippen MR) is 54.0 cm³/mol. The Morgan fingerprint density at radius 2 is 2.21 bits per heavy atom. The highest BCUT2D eigenvalue weighted by atomic mass is 16.5. The number of ether oxygens (including phenoxy) is 2. The largest absolute Gasteiger partial charge is 0.469 e. The van der Waals surface area contributed by atoms with Crippen LogP contribution in [0.3, 0.4) is 0 Å². The highest BCUT2D eigenvalue weighted by Gasteiger charge is 2.49. The molecule has 82 valence electrons. The number of hydrogen-bond acceptors (Lipinski definition) is 3. The summed E-state index contributed by atoms with van der Waals surface area (Å²) in [7, 11) is 3.15. The summed E-state index contributed by atoms with van der Waals surface area (Å²) in [5, 5.41) is 0. The highest BCUT2D eigenvalue weighted by Crippen LogP contribution is 2.44. The standard InChI is InChI=1S/C11H20O3/c1-4-7-11(10(12)14-3)8-5-6-9(11)13-2/h9H,4-8H2,1-3H3. The second-order valence-electron chi connectivity index (χ2n) is 4.01. The van der Waals surface area contributed by atoms with Crippen molar-refractivity contribution in [3.8, 4) is 0 Å². The van der Waals surface area contributed by atoms with Gasteiger partial charge in [0.15, 0.2) is 0 Å². The van der Waals surface area contributed by atoms with Gasteiger partial charge < -0.3 is 9.47 Å². The summed E-state index contributed by atoms with van der Waals surface area (Å²) in [5.74, 6) is -0.0938. The number of esters is 1. The van der Waals surface area contributed by atoms with Gasteiger partial charge in [0, 0.05) is 7.11 Å². The molecule has 0 heterocycles. The van der Waals surface area contributed by atoms with Crippen LogP contribution in [0.15, 0.2) is 0 Å². The van der Waals surface area contributed by atoms with Gasteiger partial charge in [0.2, 0.25) is 0 Å². The van der Waals surface area contributed by atoms with Gasteiger partial charge in [-0.25, -0.2) is 0 Å². The fourth-order valence-electron chi connectivity index (χ4n) is 2.65. The number of carbonyl (C=O) groups excluding carboxylic acids is 1. The first-order chi connectivity index (χ1) is 6.71. The molecular weight excluding hydrogens is 180 g/mol. The normalized spacial score (nSPS) is 31.8. The zero-order chi connectivity index (χ0) is 10.6. The molecule has 1 saturated carbocycles. The van der Waals surface area contributed by atoms with Gasteiger partial charge in [0.25, 0.3) is 0 Å². The maximum Gasteiger partial charge on any atom is 0.314 e. The Kier molecular flexibility index (Phi) is 3.93. The van der Waals surface area contributed by atoms with E-state index < -0.39 is 0 Å². The molecule has 2 atom stereocenters. The average Bonchev–Trinajstić information content (AvgIpc) is 2.61. The van der Waals surface area contributed by atoms with Gasteiger partial charge in [0.05, 0.1) is 18.6 Å². The van der Waals surface area contributed by atoms with E-state index in [9.17, 15) is 4.79 Å². The van der Waals surface area contributed by atoms with E-state index in [1.54, 1.807) is 7.11 Å². The molecule has 0 amide bonds. The average molecular weight is 200 g/mol. The molecule has 3 nitrogen and oxygen atoms in total. The van der Waals surface area contributed by atoms with E-state index in [0.717, 1.165) is 32.1 Å². The third-order valence-corrected chi connectivity index (χ3v) is 3.28. The van der Waals surface area contributed by atoms with E-state index in [1.165, 1.54) is 7.11 Å². The van der Waals surface area contributed by atoms with Crippen LogP contribution in [-0.4, -0.2) is 26.3 Å². The SMILES string of the molecule is CCCC1(C(=O)OC)CCCC1OC. The second kappa shape index (κ2) is 4.78. The minimum absolute atomic E-state index is 0.0508. The first kappa shape index (κ1) is 11.5. The molecule has 0 N–H and O–H groups in total. The molecule has 0 aromatic carbocycles. The van der Waals surface area contributed by atoms with E-state index in [-0.39, 0.29) is 17.5 Å². The van der Waals surface area contributed by atoms with Gasteiger partial charge in [-0.1, -0.05) is 13.3 Å². The Morgan fingerprint density at radius 1 is 1.50 bits per heavy atom. The molecule has 1 aliphatic carbocycles. The summed E-state index contributed by atoms with van der Waals surface area (Å²) in [6.07, 6.45) is 4.87. The van der Waals surface area contributed by atoms with Crippen LogP contribution in [0.5, 0.6) is 0 Å². The zero-order valence-electron chi connectivity index (χ0n) is 9.34. The lowest BCUT2D eigenvalue weighted by Crippen LogP contribution is -2.40. The van der Waals surface area contributed by atoms with Crippen molar-refractivity contribution in [3.63, 3.8) is 0 Å². The summed E-state index contributed by atoms with van der Waals surface area (Å²) in [5.41, 5.74) is -0.363. The Hall–Kier alpha value is -0.570. The first-order valence-electron chi connectivity index (χ1n) is 5.32. The number of methoxy groups -OCH3 is 2. The first-order valence-corrected chi connectivity index (χ1v) is 5.32. The fourth-order valence-corrected chi connectivity index (χ4v) is 2.65. The van der Waals surface area contributed by atoms with E-state index in [2.05, 4.69) is 6.92 Å². The molecule has 1 fully saturated rings. The van der Waals surface area contributed by atoms with Crippen molar-refractivity contribution in [2.75, 3.05) is 14.2 Å². The molecule has 3 heteroatoms. The van der Waals surface area contributed by atoms with Crippen molar-refractivity contribution in [3.05, 3.63) is 0 Å². The van der Waals surface area contributed by atoms with Gasteiger partial charge in [0.1, 0.15) is 0 Å². The summed E-state index contributed by atoms with van der Waals surface area (Å²) in [6.45, 7) is 2.09. The van der Waals surface area contributed by atoms with Crippen molar-refractivity contribution < 1.29 is 14.3 Å². The van der Waals surface area contributed by atoms with Gasteiger partial charge in [-0.15, -0.1) is 0 Å². The number of hydrogen-bond donors (Lipinski definition) is 0. The molecule has 0 aromatic rings. The van der Waals surface area contributed by atoms with Crippen LogP contribution in [-0.2, 0) is 14.3 Å². The summed E-state index contributed by atoms with van der Waals surface area (Å²) in [6, 6.07) is 0. The summed E-state index contributed by atoms with van der Waals surface area (Å²) in [4.78, 5) is 11.8. The zero-order valence-corrected chi connectivity index (χ0v) is 9.34. The van der Waals surface area contributed by atoms with Crippen molar-refractivity contribution >= 4 is 5.97 Å². The van der Waals surface area contributed by atoms with Crippen molar-refractivity contribution in [2.45, 2.75) is 45.1 Å². The second-order valence-corrected chi connectivity index (χ2v) is 4.01. The molecule has 0 bridgehead atoms. The van der Waals surface area contributed by atoms with E-state index >= 15 is 0 Å².